The molecule has 4 heteroatoms. The van der Waals surface area contributed by atoms with E-state index in [-0.39, 0.29) is 5.54 Å². The highest BCUT2D eigenvalue weighted by molar-refractivity contribution is 4.93. The van der Waals surface area contributed by atoms with Crippen molar-refractivity contribution in [2.24, 2.45) is 5.73 Å². The SMILES string of the molecule is CCCN(Cc1ncccn1)C(C)(CC)CN. The van der Waals surface area contributed by atoms with Crippen molar-refractivity contribution in [3.05, 3.63) is 24.3 Å². The predicted molar refractivity (Wildman–Crippen MR) is 70.5 cm³/mol. The zero-order valence-electron chi connectivity index (χ0n) is 11.2. The Morgan fingerprint density at radius 2 is 1.94 bits per heavy atom. The van der Waals surface area contributed by atoms with Gasteiger partial charge >= 0.3 is 0 Å². The molecule has 0 saturated carbocycles. The van der Waals surface area contributed by atoms with Crippen LogP contribution in [-0.2, 0) is 6.54 Å². The van der Waals surface area contributed by atoms with Crippen molar-refractivity contribution < 1.29 is 0 Å². The summed E-state index contributed by atoms with van der Waals surface area (Å²) in [5.74, 6) is 0.870. The van der Waals surface area contributed by atoms with Crippen LogP contribution >= 0.6 is 0 Å². The summed E-state index contributed by atoms with van der Waals surface area (Å²) < 4.78 is 0. The molecule has 0 aliphatic rings. The Balaban J connectivity index is 2.79. The van der Waals surface area contributed by atoms with E-state index in [1.54, 1.807) is 12.4 Å². The largest absolute Gasteiger partial charge is 0.329 e. The standard InChI is InChI=1S/C13H24N4/c1-4-9-17(13(3,5-2)11-14)10-12-15-7-6-8-16-12/h6-8H,4-5,9-11,14H2,1-3H3. The maximum atomic E-state index is 5.92. The van der Waals surface area contributed by atoms with Crippen molar-refractivity contribution in [2.45, 2.75) is 45.7 Å². The van der Waals surface area contributed by atoms with Crippen LogP contribution in [0.4, 0.5) is 0 Å². The third-order valence-electron chi connectivity index (χ3n) is 3.41. The van der Waals surface area contributed by atoms with E-state index in [1.807, 2.05) is 6.07 Å². The normalized spacial score (nSPS) is 14.9. The first-order valence-corrected chi connectivity index (χ1v) is 6.37. The molecule has 1 atom stereocenters. The lowest BCUT2D eigenvalue weighted by Crippen LogP contribution is -2.51. The number of nitrogens with zero attached hydrogens (tertiary/aromatic N) is 3. The van der Waals surface area contributed by atoms with Gasteiger partial charge in [-0.05, 0) is 32.4 Å². The minimum absolute atomic E-state index is 0.0369. The lowest BCUT2D eigenvalue weighted by atomic mass is 9.96. The average Bonchev–Trinajstić information content (AvgIpc) is 2.38. The quantitative estimate of drug-likeness (QED) is 0.784. The Morgan fingerprint density at radius 3 is 2.41 bits per heavy atom. The van der Waals surface area contributed by atoms with Crippen LogP contribution in [0.1, 0.15) is 39.4 Å². The molecule has 4 nitrogen and oxygen atoms in total. The van der Waals surface area contributed by atoms with Crippen LogP contribution < -0.4 is 5.73 Å². The number of hydrogen-bond acceptors (Lipinski definition) is 4. The topological polar surface area (TPSA) is 55.0 Å². The van der Waals surface area contributed by atoms with Crippen LogP contribution in [0.3, 0.4) is 0 Å². The number of hydrogen-bond donors (Lipinski definition) is 1. The molecule has 0 bridgehead atoms. The zero-order valence-corrected chi connectivity index (χ0v) is 11.2. The summed E-state index contributed by atoms with van der Waals surface area (Å²) in [5, 5.41) is 0. The van der Waals surface area contributed by atoms with Crippen LogP contribution in [0.15, 0.2) is 18.5 Å². The van der Waals surface area contributed by atoms with Gasteiger partial charge in [0.2, 0.25) is 0 Å². The highest BCUT2D eigenvalue weighted by Crippen LogP contribution is 2.20. The molecule has 1 aromatic heterocycles. The maximum absolute atomic E-state index is 5.92. The third-order valence-corrected chi connectivity index (χ3v) is 3.41. The van der Waals surface area contributed by atoms with E-state index < -0.39 is 0 Å². The van der Waals surface area contributed by atoms with Crippen molar-refractivity contribution in [3.8, 4) is 0 Å². The molecule has 1 unspecified atom stereocenters. The smallest absolute Gasteiger partial charge is 0.142 e. The van der Waals surface area contributed by atoms with Gasteiger partial charge in [-0.3, -0.25) is 4.90 Å². The lowest BCUT2D eigenvalue weighted by molar-refractivity contribution is 0.0942. The molecule has 0 aromatic carbocycles. The second-order valence-electron chi connectivity index (χ2n) is 4.64. The van der Waals surface area contributed by atoms with Gasteiger partial charge in [0.25, 0.3) is 0 Å². The summed E-state index contributed by atoms with van der Waals surface area (Å²) in [6, 6.07) is 1.84. The monoisotopic (exact) mass is 236 g/mol. The number of rotatable bonds is 7. The molecule has 1 heterocycles. The first-order valence-electron chi connectivity index (χ1n) is 6.37. The molecule has 0 saturated heterocycles. The first-order chi connectivity index (χ1) is 8.16. The van der Waals surface area contributed by atoms with Crippen LogP contribution in [0.25, 0.3) is 0 Å². The molecule has 2 N–H and O–H groups in total. The van der Waals surface area contributed by atoms with Gasteiger partial charge < -0.3 is 5.73 Å². The van der Waals surface area contributed by atoms with Gasteiger partial charge in [0, 0.05) is 24.5 Å². The van der Waals surface area contributed by atoms with E-state index in [9.17, 15) is 0 Å². The first kappa shape index (κ1) is 14.1. The van der Waals surface area contributed by atoms with Gasteiger partial charge in [-0.25, -0.2) is 9.97 Å². The number of aromatic nitrogens is 2. The molecule has 0 amide bonds. The second kappa shape index (κ2) is 6.67. The van der Waals surface area contributed by atoms with E-state index in [0.29, 0.717) is 6.54 Å². The molecular formula is C13H24N4. The molecule has 96 valence electrons. The third kappa shape index (κ3) is 3.75. The highest BCUT2D eigenvalue weighted by Gasteiger charge is 2.28. The minimum Gasteiger partial charge on any atom is -0.329 e. The van der Waals surface area contributed by atoms with Crippen molar-refractivity contribution in [3.63, 3.8) is 0 Å². The van der Waals surface area contributed by atoms with E-state index in [2.05, 4.69) is 35.6 Å². The fraction of sp³-hybridized carbons (Fsp3) is 0.692. The van der Waals surface area contributed by atoms with Crippen molar-refractivity contribution in [2.75, 3.05) is 13.1 Å². The average molecular weight is 236 g/mol. The van der Waals surface area contributed by atoms with Crippen LogP contribution in [0, 0.1) is 0 Å². The molecule has 0 aliphatic carbocycles. The molecular weight excluding hydrogens is 212 g/mol. The molecule has 0 radical (unpaired) electrons. The molecule has 0 fully saturated rings. The summed E-state index contributed by atoms with van der Waals surface area (Å²) in [4.78, 5) is 11.0. The Morgan fingerprint density at radius 1 is 1.29 bits per heavy atom. The van der Waals surface area contributed by atoms with Gasteiger partial charge in [-0.15, -0.1) is 0 Å². The van der Waals surface area contributed by atoms with Gasteiger partial charge in [0.15, 0.2) is 0 Å². The van der Waals surface area contributed by atoms with Crippen LogP contribution in [0.5, 0.6) is 0 Å². The molecule has 1 rings (SSSR count). The summed E-state index contributed by atoms with van der Waals surface area (Å²) >= 11 is 0. The van der Waals surface area contributed by atoms with Gasteiger partial charge in [0.1, 0.15) is 5.82 Å². The van der Waals surface area contributed by atoms with Gasteiger partial charge in [-0.1, -0.05) is 13.8 Å². The van der Waals surface area contributed by atoms with E-state index >= 15 is 0 Å². The summed E-state index contributed by atoms with van der Waals surface area (Å²) in [6.07, 6.45) is 5.73. The van der Waals surface area contributed by atoms with Gasteiger partial charge in [0.05, 0.1) is 6.54 Å². The highest BCUT2D eigenvalue weighted by atomic mass is 15.2. The number of nitrogens with two attached hydrogens (primary N) is 1. The Kier molecular flexibility index (Phi) is 5.51. The van der Waals surface area contributed by atoms with Crippen LogP contribution in [-0.4, -0.2) is 33.5 Å². The molecule has 0 aliphatic heterocycles. The Bertz CT molecular complexity index is 308. The Hall–Kier alpha value is -1.00. The second-order valence-corrected chi connectivity index (χ2v) is 4.64. The minimum atomic E-state index is 0.0369. The molecule has 17 heavy (non-hydrogen) atoms. The predicted octanol–water partition coefficient (Wildman–Crippen LogP) is 1.82. The Labute approximate surface area is 104 Å². The van der Waals surface area contributed by atoms with E-state index in [0.717, 1.165) is 31.8 Å². The van der Waals surface area contributed by atoms with Gasteiger partial charge in [-0.2, -0.15) is 0 Å². The van der Waals surface area contributed by atoms with E-state index in [1.165, 1.54) is 0 Å². The summed E-state index contributed by atoms with van der Waals surface area (Å²) in [5.41, 5.74) is 5.96. The van der Waals surface area contributed by atoms with Crippen molar-refractivity contribution >= 4 is 0 Å². The summed E-state index contributed by atoms with van der Waals surface area (Å²) in [6.45, 7) is 9.05. The zero-order chi connectivity index (χ0) is 12.7. The maximum Gasteiger partial charge on any atom is 0.142 e. The molecule has 0 spiro atoms. The van der Waals surface area contributed by atoms with Crippen molar-refractivity contribution in [1.82, 2.24) is 14.9 Å². The molecule has 1 aromatic rings. The fourth-order valence-electron chi connectivity index (χ4n) is 1.89. The summed E-state index contributed by atoms with van der Waals surface area (Å²) in [7, 11) is 0. The van der Waals surface area contributed by atoms with Crippen LogP contribution in [0.2, 0.25) is 0 Å². The lowest BCUT2D eigenvalue weighted by Gasteiger charge is -2.39. The van der Waals surface area contributed by atoms with E-state index in [4.69, 9.17) is 5.73 Å². The fourth-order valence-corrected chi connectivity index (χ4v) is 1.89. The van der Waals surface area contributed by atoms with Crippen molar-refractivity contribution in [1.29, 1.82) is 0 Å².